The van der Waals surface area contributed by atoms with E-state index in [2.05, 4.69) is 15.3 Å². The first kappa shape index (κ1) is 16.7. The number of anilines is 1. The minimum absolute atomic E-state index is 0.0517. The highest BCUT2D eigenvalue weighted by Crippen LogP contribution is 2.27. The molecule has 132 valence electrons. The van der Waals surface area contributed by atoms with E-state index in [1.165, 1.54) is 30.5 Å². The largest absolute Gasteiger partial charge is 0.504 e. The molecule has 0 unspecified atom stereocenters. The number of nitrogens with one attached hydrogen (secondary N) is 1. The summed E-state index contributed by atoms with van der Waals surface area (Å²) < 4.78 is 13.7. The number of hydrogen-bond donors (Lipinski definition) is 2. The summed E-state index contributed by atoms with van der Waals surface area (Å²) in [4.78, 5) is 21.3. The Balaban J connectivity index is 1.85. The first-order valence-corrected chi connectivity index (χ1v) is 8.23. The van der Waals surface area contributed by atoms with Crippen molar-refractivity contribution >= 4 is 22.6 Å². The number of nitrogens with zero attached hydrogens (tertiary/aromatic N) is 2. The monoisotopic (exact) mass is 359 g/mol. The van der Waals surface area contributed by atoms with Gasteiger partial charge in [0.25, 0.3) is 5.91 Å². The van der Waals surface area contributed by atoms with E-state index in [0.717, 1.165) is 5.56 Å². The first-order valence-electron chi connectivity index (χ1n) is 8.23. The van der Waals surface area contributed by atoms with Crippen LogP contribution in [-0.2, 0) is 0 Å². The molecule has 2 heterocycles. The van der Waals surface area contributed by atoms with Gasteiger partial charge in [-0.15, -0.1) is 0 Å². The number of pyridine rings is 2. The highest BCUT2D eigenvalue weighted by atomic mass is 19.1. The summed E-state index contributed by atoms with van der Waals surface area (Å²) in [5.74, 6) is -0.997. The minimum Gasteiger partial charge on any atom is -0.504 e. The van der Waals surface area contributed by atoms with Crippen LogP contribution in [0.1, 0.15) is 10.4 Å². The van der Waals surface area contributed by atoms with Gasteiger partial charge in [0, 0.05) is 23.2 Å². The first-order chi connectivity index (χ1) is 13.1. The van der Waals surface area contributed by atoms with Crippen molar-refractivity contribution in [1.29, 1.82) is 0 Å². The van der Waals surface area contributed by atoms with E-state index in [-0.39, 0.29) is 11.6 Å². The highest BCUT2D eigenvalue weighted by Gasteiger charge is 2.16. The van der Waals surface area contributed by atoms with Gasteiger partial charge in [-0.3, -0.25) is 4.79 Å². The number of aromatic hydroxyl groups is 1. The topological polar surface area (TPSA) is 75.1 Å². The van der Waals surface area contributed by atoms with E-state index in [4.69, 9.17) is 0 Å². The zero-order valence-electron chi connectivity index (χ0n) is 14.1. The van der Waals surface area contributed by atoms with Crippen molar-refractivity contribution in [3.05, 3.63) is 84.3 Å². The molecule has 2 N–H and O–H groups in total. The van der Waals surface area contributed by atoms with E-state index < -0.39 is 11.7 Å². The Hall–Kier alpha value is -3.80. The van der Waals surface area contributed by atoms with Crippen molar-refractivity contribution in [1.82, 2.24) is 9.97 Å². The Morgan fingerprint density at radius 3 is 2.59 bits per heavy atom. The molecule has 5 nitrogen and oxygen atoms in total. The Labute approximate surface area is 154 Å². The van der Waals surface area contributed by atoms with Gasteiger partial charge < -0.3 is 10.4 Å². The number of carbonyl (C=O) groups excluding carboxylic acids is 1. The number of amides is 1. The highest BCUT2D eigenvalue weighted by molar-refractivity contribution is 6.13. The van der Waals surface area contributed by atoms with Crippen molar-refractivity contribution in [2.75, 3.05) is 5.32 Å². The van der Waals surface area contributed by atoms with Crippen LogP contribution < -0.4 is 5.32 Å². The third-order valence-corrected chi connectivity index (χ3v) is 4.10. The standard InChI is InChI=1S/C21H14FN3O2/c22-14-8-9-15-16(21(27)25-20-19(26)7-4-10-23-20)12-17(24-18(15)11-14)13-5-2-1-3-6-13/h1-12,26H,(H,23,25,27). The van der Waals surface area contributed by atoms with Gasteiger partial charge in [-0.05, 0) is 30.3 Å². The summed E-state index contributed by atoms with van der Waals surface area (Å²) in [6, 6.07) is 18.0. The van der Waals surface area contributed by atoms with Crippen molar-refractivity contribution in [2.45, 2.75) is 0 Å². The van der Waals surface area contributed by atoms with Gasteiger partial charge in [-0.1, -0.05) is 30.3 Å². The molecule has 0 radical (unpaired) electrons. The number of carbonyl (C=O) groups is 1. The third-order valence-electron chi connectivity index (χ3n) is 4.10. The Kier molecular flexibility index (Phi) is 4.22. The summed E-state index contributed by atoms with van der Waals surface area (Å²) in [5, 5.41) is 12.9. The summed E-state index contributed by atoms with van der Waals surface area (Å²) in [7, 11) is 0. The van der Waals surface area contributed by atoms with Crippen LogP contribution in [0.2, 0.25) is 0 Å². The molecule has 27 heavy (non-hydrogen) atoms. The maximum Gasteiger partial charge on any atom is 0.257 e. The normalized spacial score (nSPS) is 10.7. The van der Waals surface area contributed by atoms with Crippen molar-refractivity contribution in [3.8, 4) is 17.0 Å². The van der Waals surface area contributed by atoms with Crippen LogP contribution in [0.15, 0.2) is 72.9 Å². The smallest absolute Gasteiger partial charge is 0.257 e. The lowest BCUT2D eigenvalue weighted by atomic mass is 10.0. The van der Waals surface area contributed by atoms with E-state index in [9.17, 15) is 14.3 Å². The van der Waals surface area contributed by atoms with Gasteiger partial charge in [0.1, 0.15) is 5.82 Å². The van der Waals surface area contributed by atoms with Gasteiger partial charge >= 0.3 is 0 Å². The number of halogens is 1. The molecule has 0 aliphatic heterocycles. The Morgan fingerprint density at radius 2 is 1.81 bits per heavy atom. The SMILES string of the molecule is O=C(Nc1ncccc1O)c1cc(-c2ccccc2)nc2cc(F)ccc12. The van der Waals surface area contributed by atoms with E-state index in [0.29, 0.717) is 22.2 Å². The van der Waals surface area contributed by atoms with Crippen LogP contribution in [0.5, 0.6) is 5.75 Å². The van der Waals surface area contributed by atoms with Gasteiger partial charge in [0.15, 0.2) is 11.6 Å². The molecule has 2 aromatic carbocycles. The molecular formula is C21H14FN3O2. The van der Waals surface area contributed by atoms with Gasteiger partial charge in [-0.25, -0.2) is 14.4 Å². The molecule has 0 aliphatic carbocycles. The Bertz CT molecular complexity index is 1150. The molecule has 4 aromatic rings. The second-order valence-electron chi connectivity index (χ2n) is 5.91. The summed E-state index contributed by atoms with van der Waals surface area (Å²) in [6.45, 7) is 0. The Morgan fingerprint density at radius 1 is 1.00 bits per heavy atom. The number of fused-ring (bicyclic) bond motifs is 1. The fourth-order valence-corrected chi connectivity index (χ4v) is 2.81. The molecule has 6 heteroatoms. The average Bonchev–Trinajstić information content (AvgIpc) is 2.69. The van der Waals surface area contributed by atoms with Crippen LogP contribution >= 0.6 is 0 Å². The van der Waals surface area contributed by atoms with E-state index in [1.54, 1.807) is 12.1 Å². The molecule has 1 amide bonds. The number of hydrogen-bond acceptors (Lipinski definition) is 4. The molecule has 0 saturated heterocycles. The molecule has 0 aliphatic rings. The molecule has 0 spiro atoms. The lowest BCUT2D eigenvalue weighted by Gasteiger charge is -2.11. The van der Waals surface area contributed by atoms with Crippen molar-refractivity contribution in [3.63, 3.8) is 0 Å². The van der Waals surface area contributed by atoms with Gasteiger partial charge in [-0.2, -0.15) is 0 Å². The average molecular weight is 359 g/mol. The van der Waals surface area contributed by atoms with Crippen LogP contribution in [0, 0.1) is 5.82 Å². The summed E-state index contributed by atoms with van der Waals surface area (Å²) in [5.41, 5.74) is 2.03. The number of benzene rings is 2. The maximum atomic E-state index is 13.7. The second-order valence-corrected chi connectivity index (χ2v) is 5.91. The lowest BCUT2D eigenvalue weighted by molar-refractivity contribution is 0.102. The molecular weight excluding hydrogens is 345 g/mol. The molecule has 0 bridgehead atoms. The number of aromatic nitrogens is 2. The predicted octanol–water partition coefficient (Wildman–Crippen LogP) is 4.39. The van der Waals surface area contributed by atoms with Crippen molar-refractivity contribution < 1.29 is 14.3 Å². The third kappa shape index (κ3) is 3.32. The maximum absolute atomic E-state index is 13.7. The van der Waals surface area contributed by atoms with Gasteiger partial charge in [0.05, 0.1) is 16.8 Å². The predicted molar refractivity (Wildman–Crippen MR) is 101 cm³/mol. The molecule has 0 saturated carbocycles. The van der Waals surface area contributed by atoms with E-state index >= 15 is 0 Å². The summed E-state index contributed by atoms with van der Waals surface area (Å²) in [6.07, 6.45) is 1.46. The van der Waals surface area contributed by atoms with Crippen LogP contribution in [0.25, 0.3) is 22.2 Å². The molecule has 0 fully saturated rings. The fourth-order valence-electron chi connectivity index (χ4n) is 2.81. The quantitative estimate of drug-likeness (QED) is 0.569. The second kappa shape index (κ2) is 6.84. The van der Waals surface area contributed by atoms with Gasteiger partial charge in [0.2, 0.25) is 0 Å². The minimum atomic E-state index is -0.472. The van der Waals surface area contributed by atoms with Crippen LogP contribution in [0.4, 0.5) is 10.2 Å². The molecule has 2 aromatic heterocycles. The lowest BCUT2D eigenvalue weighted by Crippen LogP contribution is -2.14. The van der Waals surface area contributed by atoms with E-state index in [1.807, 2.05) is 30.3 Å². The van der Waals surface area contributed by atoms with Crippen molar-refractivity contribution in [2.24, 2.45) is 0 Å². The summed E-state index contributed by atoms with van der Waals surface area (Å²) >= 11 is 0. The zero-order chi connectivity index (χ0) is 18.8. The van der Waals surface area contributed by atoms with Crippen LogP contribution in [0.3, 0.4) is 0 Å². The number of rotatable bonds is 3. The zero-order valence-corrected chi connectivity index (χ0v) is 14.1. The van der Waals surface area contributed by atoms with Crippen LogP contribution in [-0.4, -0.2) is 21.0 Å². The fraction of sp³-hybridized carbons (Fsp3) is 0. The molecule has 4 rings (SSSR count). The molecule has 0 atom stereocenters.